The molecule has 1 rings (SSSR count). The Morgan fingerprint density at radius 3 is 2.85 bits per heavy atom. The minimum absolute atomic E-state index is 0.311. The molecule has 1 unspecified atom stereocenters. The number of aliphatic hydroxyl groups is 1. The highest BCUT2D eigenvalue weighted by Gasteiger charge is 2.03. The van der Waals surface area contributed by atoms with Gasteiger partial charge in [-0.25, -0.2) is 0 Å². The second-order valence-electron chi connectivity index (χ2n) is 3.44. The van der Waals surface area contributed by atoms with Crippen LogP contribution in [0.15, 0.2) is 24.3 Å². The zero-order valence-corrected chi connectivity index (χ0v) is 8.16. The summed E-state index contributed by atoms with van der Waals surface area (Å²) in [6.07, 6.45) is 3.15. The van der Waals surface area contributed by atoms with Gasteiger partial charge < -0.3 is 5.11 Å². The lowest BCUT2D eigenvalue weighted by molar-refractivity contribution is 0.281. The van der Waals surface area contributed by atoms with Gasteiger partial charge in [0.25, 0.3) is 0 Å². The first-order valence-corrected chi connectivity index (χ1v) is 4.92. The summed E-state index contributed by atoms with van der Waals surface area (Å²) in [7, 11) is 0. The molecule has 71 valence electrons. The fourth-order valence-corrected chi connectivity index (χ4v) is 1.43. The summed E-state index contributed by atoms with van der Waals surface area (Å²) in [5.41, 5.74) is 1.28. The molecule has 0 aliphatic carbocycles. The molecule has 1 N–H and O–H groups in total. The van der Waals surface area contributed by atoms with Crippen molar-refractivity contribution in [3.05, 3.63) is 35.9 Å². The Balaban J connectivity index is 2.35. The summed E-state index contributed by atoms with van der Waals surface area (Å²) < 4.78 is 0. The van der Waals surface area contributed by atoms with Crippen LogP contribution in [0.4, 0.5) is 0 Å². The molecular formula is C12H17O. The van der Waals surface area contributed by atoms with Crippen LogP contribution in [0.25, 0.3) is 0 Å². The third kappa shape index (κ3) is 3.60. The van der Waals surface area contributed by atoms with Gasteiger partial charge in [0.05, 0.1) is 0 Å². The summed E-state index contributed by atoms with van der Waals surface area (Å²) >= 11 is 0. The van der Waals surface area contributed by atoms with Gasteiger partial charge in [0.15, 0.2) is 0 Å². The van der Waals surface area contributed by atoms with Gasteiger partial charge in [-0.2, -0.15) is 0 Å². The highest BCUT2D eigenvalue weighted by molar-refractivity contribution is 5.16. The van der Waals surface area contributed by atoms with Gasteiger partial charge in [-0.3, -0.25) is 0 Å². The maximum absolute atomic E-state index is 8.64. The monoisotopic (exact) mass is 177 g/mol. The molecule has 0 saturated carbocycles. The van der Waals surface area contributed by atoms with Gasteiger partial charge in [-0.05, 0) is 30.4 Å². The molecule has 0 heterocycles. The standard InChI is InChI=1S/C12H17O/c1-11(7-5-6-10-13)12-8-3-2-4-9-12/h2-4,8,11,13H,5-7,10H2,1H3. The van der Waals surface area contributed by atoms with E-state index in [-0.39, 0.29) is 0 Å². The molecule has 0 bridgehead atoms. The fraction of sp³-hybridized carbons (Fsp3) is 0.500. The Hall–Kier alpha value is -0.820. The second-order valence-corrected chi connectivity index (χ2v) is 3.44. The third-order valence-electron chi connectivity index (χ3n) is 2.31. The van der Waals surface area contributed by atoms with E-state index < -0.39 is 0 Å². The summed E-state index contributed by atoms with van der Waals surface area (Å²) in [6.45, 7) is 2.52. The Labute approximate surface area is 80.4 Å². The van der Waals surface area contributed by atoms with Crippen LogP contribution in [0.3, 0.4) is 0 Å². The summed E-state index contributed by atoms with van der Waals surface area (Å²) in [5.74, 6) is 0.563. The lowest BCUT2D eigenvalue weighted by atomic mass is 9.96. The van der Waals surface area contributed by atoms with Crippen LogP contribution in [0.5, 0.6) is 0 Å². The van der Waals surface area contributed by atoms with Crippen LogP contribution < -0.4 is 0 Å². The highest BCUT2D eigenvalue weighted by Crippen LogP contribution is 2.19. The van der Waals surface area contributed by atoms with E-state index in [0.29, 0.717) is 12.5 Å². The molecule has 0 aliphatic heterocycles. The predicted octanol–water partition coefficient (Wildman–Crippen LogP) is 2.75. The normalized spacial score (nSPS) is 12.8. The molecule has 1 aromatic carbocycles. The average Bonchev–Trinajstić information content (AvgIpc) is 2.19. The van der Waals surface area contributed by atoms with Crippen LogP contribution in [0, 0.1) is 6.07 Å². The quantitative estimate of drug-likeness (QED) is 0.686. The molecule has 0 spiro atoms. The largest absolute Gasteiger partial charge is 0.396 e. The SMILES string of the molecule is CC(CCCCO)c1[c]cccc1. The third-order valence-corrected chi connectivity index (χ3v) is 2.31. The zero-order valence-electron chi connectivity index (χ0n) is 8.16. The van der Waals surface area contributed by atoms with Crippen LogP contribution in [-0.4, -0.2) is 11.7 Å². The minimum atomic E-state index is 0.311. The average molecular weight is 177 g/mol. The van der Waals surface area contributed by atoms with E-state index in [1.165, 1.54) is 5.56 Å². The number of rotatable bonds is 5. The maximum Gasteiger partial charge on any atom is 0.0431 e. The van der Waals surface area contributed by atoms with Crippen molar-refractivity contribution in [1.29, 1.82) is 0 Å². The molecule has 13 heavy (non-hydrogen) atoms. The van der Waals surface area contributed by atoms with Crippen molar-refractivity contribution in [3.8, 4) is 0 Å². The lowest BCUT2D eigenvalue weighted by Gasteiger charge is -2.10. The van der Waals surface area contributed by atoms with Gasteiger partial charge in [-0.15, -0.1) is 0 Å². The van der Waals surface area contributed by atoms with E-state index >= 15 is 0 Å². The molecule has 0 aliphatic rings. The Morgan fingerprint density at radius 1 is 1.38 bits per heavy atom. The van der Waals surface area contributed by atoms with Gasteiger partial charge in [0.1, 0.15) is 0 Å². The molecule has 1 nitrogen and oxygen atoms in total. The van der Waals surface area contributed by atoms with Crippen LogP contribution in [0.2, 0.25) is 0 Å². The van der Waals surface area contributed by atoms with Crippen molar-refractivity contribution in [2.75, 3.05) is 6.61 Å². The molecule has 1 radical (unpaired) electrons. The molecular weight excluding hydrogens is 160 g/mol. The van der Waals surface area contributed by atoms with Crippen molar-refractivity contribution in [1.82, 2.24) is 0 Å². The van der Waals surface area contributed by atoms with Gasteiger partial charge in [0.2, 0.25) is 0 Å². The second kappa shape index (κ2) is 5.76. The molecule has 0 saturated heterocycles. The minimum Gasteiger partial charge on any atom is -0.396 e. The number of benzene rings is 1. The van der Waals surface area contributed by atoms with E-state index in [4.69, 9.17) is 5.11 Å². The number of unbranched alkanes of at least 4 members (excludes halogenated alkanes) is 1. The van der Waals surface area contributed by atoms with E-state index in [1.54, 1.807) is 0 Å². The van der Waals surface area contributed by atoms with Crippen molar-refractivity contribution in [2.24, 2.45) is 0 Å². The molecule has 1 atom stereocenters. The van der Waals surface area contributed by atoms with E-state index in [2.05, 4.69) is 19.1 Å². The summed E-state index contributed by atoms with van der Waals surface area (Å²) in [5, 5.41) is 8.64. The Morgan fingerprint density at radius 2 is 2.23 bits per heavy atom. The highest BCUT2D eigenvalue weighted by atomic mass is 16.2. The smallest absolute Gasteiger partial charge is 0.0431 e. The van der Waals surface area contributed by atoms with Gasteiger partial charge in [0, 0.05) is 6.61 Å². The van der Waals surface area contributed by atoms with Crippen LogP contribution >= 0.6 is 0 Å². The molecule has 1 heteroatoms. The van der Waals surface area contributed by atoms with Gasteiger partial charge in [-0.1, -0.05) is 37.6 Å². The van der Waals surface area contributed by atoms with Crippen molar-refractivity contribution >= 4 is 0 Å². The molecule has 0 fully saturated rings. The molecule has 1 aromatic rings. The topological polar surface area (TPSA) is 20.2 Å². The Bertz CT molecular complexity index is 218. The van der Waals surface area contributed by atoms with Crippen LogP contribution in [0.1, 0.15) is 37.7 Å². The van der Waals surface area contributed by atoms with Gasteiger partial charge >= 0.3 is 0 Å². The lowest BCUT2D eigenvalue weighted by Crippen LogP contribution is -1.94. The van der Waals surface area contributed by atoms with Crippen molar-refractivity contribution < 1.29 is 5.11 Å². The van der Waals surface area contributed by atoms with E-state index in [0.717, 1.165) is 19.3 Å². The number of aliphatic hydroxyl groups excluding tert-OH is 1. The first kappa shape index (κ1) is 10.3. The molecule has 0 amide bonds. The summed E-state index contributed by atoms with van der Waals surface area (Å²) in [6, 6.07) is 11.3. The molecule has 0 aromatic heterocycles. The van der Waals surface area contributed by atoms with Crippen LogP contribution in [-0.2, 0) is 0 Å². The maximum atomic E-state index is 8.64. The Kier molecular flexibility index (Phi) is 4.55. The first-order chi connectivity index (χ1) is 6.34. The summed E-state index contributed by atoms with van der Waals surface area (Å²) in [4.78, 5) is 0. The predicted molar refractivity (Wildman–Crippen MR) is 54.6 cm³/mol. The van der Waals surface area contributed by atoms with E-state index in [9.17, 15) is 0 Å². The number of hydrogen-bond donors (Lipinski definition) is 1. The van der Waals surface area contributed by atoms with Crippen molar-refractivity contribution in [2.45, 2.75) is 32.1 Å². The number of hydrogen-bond acceptors (Lipinski definition) is 1. The van der Waals surface area contributed by atoms with Crippen molar-refractivity contribution in [3.63, 3.8) is 0 Å². The fourth-order valence-electron chi connectivity index (χ4n) is 1.43. The van der Waals surface area contributed by atoms with E-state index in [1.807, 2.05) is 18.2 Å². The first-order valence-electron chi connectivity index (χ1n) is 4.92. The zero-order chi connectivity index (χ0) is 9.52.